The van der Waals surface area contributed by atoms with Crippen LogP contribution in [0.15, 0.2) is 24.3 Å². The van der Waals surface area contributed by atoms with Gasteiger partial charge < -0.3 is 15.0 Å². The van der Waals surface area contributed by atoms with Crippen molar-refractivity contribution in [2.75, 3.05) is 26.2 Å². The van der Waals surface area contributed by atoms with E-state index in [1.807, 2.05) is 24.3 Å². The smallest absolute Gasteiger partial charge is 0.238 e. The number of benzene rings is 1. The molecule has 1 N–H and O–H groups in total. The number of hydrogen-bond donors (Lipinski definition) is 1. The second-order valence-electron chi connectivity index (χ2n) is 4.82. The van der Waals surface area contributed by atoms with Gasteiger partial charge in [-0.1, -0.05) is 32.0 Å². The fourth-order valence-corrected chi connectivity index (χ4v) is 2.02. The molecular weight excluding hydrogens is 288 g/mol. The second-order valence-corrected chi connectivity index (χ2v) is 5.47. The van der Waals surface area contributed by atoms with Gasteiger partial charge >= 0.3 is 0 Å². The number of ether oxygens (including phenoxy) is 1. The summed E-state index contributed by atoms with van der Waals surface area (Å²) in [6.45, 7) is 9.93. The zero-order valence-corrected chi connectivity index (χ0v) is 13.8. The number of nitrogens with one attached hydrogen (secondary N) is 1. The summed E-state index contributed by atoms with van der Waals surface area (Å²) in [6.07, 6.45) is 0. The van der Waals surface area contributed by atoms with E-state index in [0.717, 1.165) is 30.9 Å². The van der Waals surface area contributed by atoms with Gasteiger partial charge in [0, 0.05) is 18.7 Å². The van der Waals surface area contributed by atoms with Crippen molar-refractivity contribution in [3.05, 3.63) is 29.8 Å². The highest BCUT2D eigenvalue weighted by Crippen LogP contribution is 2.17. The van der Waals surface area contributed by atoms with Crippen LogP contribution in [0.4, 0.5) is 0 Å². The molecule has 0 saturated carbocycles. The van der Waals surface area contributed by atoms with E-state index in [0.29, 0.717) is 13.2 Å². The number of hydrogen-bond acceptors (Lipinski definition) is 3. The molecule has 4 nitrogen and oxygen atoms in total. The molecule has 21 heavy (non-hydrogen) atoms. The first-order valence-electron chi connectivity index (χ1n) is 7.43. The van der Waals surface area contributed by atoms with E-state index < -0.39 is 5.38 Å². The SMILES string of the molecule is CCN(CC)CCOc1ccccc1CNC(=O)C(C)Cl. The van der Waals surface area contributed by atoms with Gasteiger partial charge in [0.15, 0.2) is 0 Å². The summed E-state index contributed by atoms with van der Waals surface area (Å²) in [5.74, 6) is 0.641. The number of amides is 1. The molecule has 1 aromatic carbocycles. The maximum absolute atomic E-state index is 11.5. The third-order valence-corrected chi connectivity index (χ3v) is 3.54. The van der Waals surface area contributed by atoms with Crippen LogP contribution in [0.3, 0.4) is 0 Å². The lowest BCUT2D eigenvalue weighted by molar-refractivity contribution is -0.120. The maximum atomic E-state index is 11.5. The lowest BCUT2D eigenvalue weighted by Gasteiger charge is -2.19. The summed E-state index contributed by atoms with van der Waals surface area (Å²) in [5, 5.41) is 2.27. The quantitative estimate of drug-likeness (QED) is 0.713. The molecule has 0 heterocycles. The highest BCUT2D eigenvalue weighted by Gasteiger charge is 2.10. The Labute approximate surface area is 132 Å². The highest BCUT2D eigenvalue weighted by molar-refractivity contribution is 6.30. The fraction of sp³-hybridized carbons (Fsp3) is 0.562. The summed E-state index contributed by atoms with van der Waals surface area (Å²) in [5.41, 5.74) is 0.961. The van der Waals surface area contributed by atoms with Gasteiger partial charge in [-0.05, 0) is 26.1 Å². The fourth-order valence-electron chi connectivity index (χ4n) is 1.94. The minimum Gasteiger partial charge on any atom is -0.492 e. The molecular formula is C16H25ClN2O2. The first kappa shape index (κ1) is 17.8. The molecule has 0 saturated heterocycles. The predicted molar refractivity (Wildman–Crippen MR) is 86.9 cm³/mol. The monoisotopic (exact) mass is 312 g/mol. The minimum absolute atomic E-state index is 0.172. The number of nitrogens with zero attached hydrogens (tertiary/aromatic N) is 1. The molecule has 118 valence electrons. The minimum atomic E-state index is -0.527. The Balaban J connectivity index is 2.52. The van der Waals surface area contributed by atoms with Crippen molar-refractivity contribution in [2.45, 2.75) is 32.7 Å². The van der Waals surface area contributed by atoms with Gasteiger partial charge in [-0.15, -0.1) is 11.6 Å². The lowest BCUT2D eigenvalue weighted by Crippen LogP contribution is -2.30. The van der Waals surface area contributed by atoms with E-state index in [9.17, 15) is 4.79 Å². The summed E-state index contributed by atoms with van der Waals surface area (Å²) in [7, 11) is 0. The van der Waals surface area contributed by atoms with E-state index in [1.165, 1.54) is 0 Å². The summed E-state index contributed by atoms with van der Waals surface area (Å²) >= 11 is 5.74. The molecule has 1 rings (SSSR count). The van der Waals surface area contributed by atoms with Crippen molar-refractivity contribution in [3.8, 4) is 5.75 Å². The van der Waals surface area contributed by atoms with Crippen molar-refractivity contribution in [1.82, 2.24) is 10.2 Å². The predicted octanol–water partition coefficient (Wildman–Crippen LogP) is 2.65. The molecule has 1 atom stereocenters. The Morgan fingerprint density at radius 3 is 2.62 bits per heavy atom. The van der Waals surface area contributed by atoms with Gasteiger partial charge in [0.25, 0.3) is 0 Å². The molecule has 5 heteroatoms. The van der Waals surface area contributed by atoms with E-state index in [2.05, 4.69) is 24.1 Å². The Hall–Kier alpha value is -1.26. The van der Waals surface area contributed by atoms with E-state index in [4.69, 9.17) is 16.3 Å². The topological polar surface area (TPSA) is 41.6 Å². The van der Waals surface area contributed by atoms with Gasteiger partial charge in [0.2, 0.25) is 5.91 Å². The number of carbonyl (C=O) groups excluding carboxylic acids is 1. The Morgan fingerprint density at radius 2 is 2.00 bits per heavy atom. The molecule has 0 bridgehead atoms. The van der Waals surface area contributed by atoms with Gasteiger partial charge in [-0.3, -0.25) is 4.79 Å². The third-order valence-electron chi connectivity index (χ3n) is 3.35. The maximum Gasteiger partial charge on any atom is 0.238 e. The number of carbonyl (C=O) groups is 1. The number of likely N-dealkylation sites (N-methyl/N-ethyl adjacent to an activating group) is 1. The third kappa shape index (κ3) is 6.36. The van der Waals surface area contributed by atoms with Crippen LogP contribution in [0, 0.1) is 0 Å². The normalized spacial score (nSPS) is 12.2. The molecule has 0 aliphatic rings. The van der Waals surface area contributed by atoms with Crippen LogP contribution in [0.1, 0.15) is 26.3 Å². The molecule has 0 aromatic heterocycles. The zero-order valence-electron chi connectivity index (χ0n) is 13.1. The second kappa shape index (κ2) is 9.64. The number of halogens is 1. The average molecular weight is 313 g/mol. The lowest BCUT2D eigenvalue weighted by atomic mass is 10.2. The summed E-state index contributed by atoms with van der Waals surface area (Å²) in [4.78, 5) is 13.8. The molecule has 0 spiro atoms. The summed E-state index contributed by atoms with van der Waals surface area (Å²) in [6, 6.07) is 7.74. The van der Waals surface area contributed by atoms with Gasteiger partial charge in [-0.25, -0.2) is 0 Å². The number of para-hydroxylation sites is 1. The van der Waals surface area contributed by atoms with E-state index in [1.54, 1.807) is 6.92 Å². The van der Waals surface area contributed by atoms with E-state index >= 15 is 0 Å². The Bertz CT molecular complexity index is 434. The van der Waals surface area contributed by atoms with Gasteiger partial charge in [0.05, 0.1) is 0 Å². The molecule has 1 amide bonds. The Kier molecular flexibility index (Phi) is 8.16. The van der Waals surface area contributed by atoms with Crippen molar-refractivity contribution in [1.29, 1.82) is 0 Å². The van der Waals surface area contributed by atoms with Crippen molar-refractivity contribution in [2.24, 2.45) is 0 Å². The molecule has 0 fully saturated rings. The average Bonchev–Trinajstić information content (AvgIpc) is 2.50. The van der Waals surface area contributed by atoms with Gasteiger partial charge in [-0.2, -0.15) is 0 Å². The standard InChI is InChI=1S/C16H25ClN2O2/c1-4-19(5-2)10-11-21-15-9-7-6-8-14(15)12-18-16(20)13(3)17/h6-9,13H,4-5,10-12H2,1-3H3,(H,18,20). The van der Waals surface area contributed by atoms with Crippen LogP contribution in [-0.2, 0) is 11.3 Å². The number of alkyl halides is 1. The molecule has 1 aromatic rings. The van der Waals surface area contributed by atoms with Crippen LogP contribution in [0.5, 0.6) is 5.75 Å². The van der Waals surface area contributed by atoms with Gasteiger partial charge in [0.1, 0.15) is 17.7 Å². The van der Waals surface area contributed by atoms with Crippen LogP contribution < -0.4 is 10.1 Å². The molecule has 0 radical (unpaired) electrons. The first-order chi connectivity index (χ1) is 10.1. The number of rotatable bonds is 9. The molecule has 0 aliphatic carbocycles. The van der Waals surface area contributed by atoms with Crippen LogP contribution in [-0.4, -0.2) is 42.4 Å². The molecule has 1 unspecified atom stereocenters. The zero-order chi connectivity index (χ0) is 15.7. The van der Waals surface area contributed by atoms with Crippen molar-refractivity contribution < 1.29 is 9.53 Å². The van der Waals surface area contributed by atoms with Crippen molar-refractivity contribution in [3.63, 3.8) is 0 Å². The van der Waals surface area contributed by atoms with Crippen LogP contribution >= 0.6 is 11.6 Å². The first-order valence-corrected chi connectivity index (χ1v) is 7.86. The summed E-state index contributed by atoms with van der Waals surface area (Å²) < 4.78 is 5.84. The van der Waals surface area contributed by atoms with Crippen LogP contribution in [0.25, 0.3) is 0 Å². The van der Waals surface area contributed by atoms with Crippen LogP contribution in [0.2, 0.25) is 0 Å². The Morgan fingerprint density at radius 1 is 1.33 bits per heavy atom. The largest absolute Gasteiger partial charge is 0.492 e. The molecule has 0 aliphatic heterocycles. The van der Waals surface area contributed by atoms with E-state index in [-0.39, 0.29) is 5.91 Å². The van der Waals surface area contributed by atoms with Crippen molar-refractivity contribution >= 4 is 17.5 Å². The highest BCUT2D eigenvalue weighted by atomic mass is 35.5.